The molecule has 4 nitrogen and oxygen atoms in total. The average Bonchev–Trinajstić information content (AvgIpc) is 3.40. The number of rotatable bonds is 5. The van der Waals surface area contributed by atoms with Crippen LogP contribution in [0.15, 0.2) is 120 Å². The number of carbonyl (C=O) groups excluding carboxylic acids is 1. The van der Waals surface area contributed by atoms with Gasteiger partial charge in [-0.1, -0.05) is 18.2 Å². The maximum Gasteiger partial charge on any atom is 0 e. The van der Waals surface area contributed by atoms with E-state index in [1.807, 2.05) is 30.5 Å². The molecule has 0 bridgehead atoms. The van der Waals surface area contributed by atoms with Crippen molar-refractivity contribution in [2.45, 2.75) is 31.1 Å². The molecule has 1 N–H and O–H groups in total. The number of aromatic nitrogens is 1. The number of hydrogen-bond acceptors (Lipinski definition) is 4. The molecule has 2 heterocycles. The van der Waals surface area contributed by atoms with Gasteiger partial charge in [0.25, 0.3) is 0 Å². The van der Waals surface area contributed by atoms with E-state index in [0.717, 1.165) is 50.1 Å². The predicted molar refractivity (Wildman–Crippen MR) is 177 cm³/mol. The van der Waals surface area contributed by atoms with Crippen LogP contribution in [-0.4, -0.2) is 29.1 Å². The number of pyridine rings is 1. The van der Waals surface area contributed by atoms with Gasteiger partial charge in [-0.15, -0.1) is 0 Å². The van der Waals surface area contributed by atoms with Gasteiger partial charge < -0.3 is 5.11 Å². The minimum Gasteiger partial charge on any atom is 0 e. The summed E-state index contributed by atoms with van der Waals surface area (Å²) in [7, 11) is 0. The molecule has 0 fully saturated rings. The normalized spacial score (nSPS) is 11.5. The van der Waals surface area contributed by atoms with Crippen LogP contribution in [0.5, 0.6) is 0 Å². The second-order valence-corrected chi connectivity index (χ2v) is 22.1. The zero-order valence-electron chi connectivity index (χ0n) is 24.9. The first-order valence-electron chi connectivity index (χ1n) is 14.0. The largest absolute Gasteiger partial charge is 0 e. The van der Waals surface area contributed by atoms with Crippen LogP contribution >= 0.6 is 0 Å². The number of fused-ring (bicyclic) bond motifs is 2. The van der Waals surface area contributed by atoms with Gasteiger partial charge in [0.2, 0.25) is 0 Å². The molecule has 0 saturated carbocycles. The van der Waals surface area contributed by atoms with Crippen molar-refractivity contribution < 1.29 is 34.4 Å². The summed E-state index contributed by atoms with van der Waals surface area (Å²) in [6.07, 6.45) is 3.08. The number of allylic oxidation sites excluding steroid dienone is 2. The van der Waals surface area contributed by atoms with Gasteiger partial charge in [0.15, 0.2) is 5.78 Å². The summed E-state index contributed by atoms with van der Waals surface area (Å²) in [5.74, 6) is 8.07. The van der Waals surface area contributed by atoms with E-state index in [-0.39, 0.29) is 31.6 Å². The fourth-order valence-electron chi connectivity index (χ4n) is 4.95. The molecule has 2 aromatic heterocycles. The quantitative estimate of drug-likeness (QED) is 0.0817. The van der Waals surface area contributed by atoms with Gasteiger partial charge in [0.1, 0.15) is 0 Å². The fourth-order valence-corrected chi connectivity index (χ4v) is 7.41. The zero-order valence-corrected chi connectivity index (χ0v) is 29.4. The number of ketones is 1. The number of furan rings is 1. The number of hydrogen-bond donors (Lipinski definition) is 1. The van der Waals surface area contributed by atoms with Crippen molar-refractivity contribution in [3.05, 3.63) is 121 Å². The van der Waals surface area contributed by atoms with E-state index in [4.69, 9.17) is 14.5 Å². The topological polar surface area (TPSA) is 63.3 Å². The second kappa shape index (κ2) is 13.7. The van der Waals surface area contributed by atoms with Gasteiger partial charge in [-0.05, 0) is 13.8 Å². The Morgan fingerprint density at radius 1 is 0.837 bits per heavy atom. The van der Waals surface area contributed by atoms with Crippen molar-refractivity contribution in [2.24, 2.45) is 0 Å². The van der Waals surface area contributed by atoms with E-state index in [9.17, 15) is 4.79 Å². The Labute approximate surface area is 269 Å². The first-order chi connectivity index (χ1) is 20.1. The van der Waals surface area contributed by atoms with Crippen LogP contribution in [0.2, 0.25) is 17.3 Å². The summed E-state index contributed by atoms with van der Waals surface area (Å²) in [5.41, 5.74) is 5.96. The van der Waals surface area contributed by atoms with Gasteiger partial charge >= 0.3 is 191 Å². The van der Waals surface area contributed by atoms with E-state index in [1.54, 1.807) is 0 Å². The maximum absolute atomic E-state index is 10.0. The van der Waals surface area contributed by atoms with E-state index >= 15 is 0 Å². The van der Waals surface area contributed by atoms with E-state index in [1.165, 1.54) is 29.7 Å². The summed E-state index contributed by atoms with van der Waals surface area (Å²) in [6.45, 7) is 2.85. The predicted octanol–water partition coefficient (Wildman–Crippen LogP) is 9.36. The molecule has 1 radical (unpaired) electrons. The smallest absolute Gasteiger partial charge is 0 e. The van der Waals surface area contributed by atoms with Crippen LogP contribution in [-0.2, 0) is 24.9 Å². The Hall–Kier alpha value is -3.77. The van der Waals surface area contributed by atoms with Crippen molar-refractivity contribution in [3.8, 4) is 33.7 Å². The van der Waals surface area contributed by atoms with Crippen LogP contribution in [0.25, 0.3) is 55.4 Å². The Kier molecular flexibility index (Phi) is 10.2. The molecule has 4 aromatic carbocycles. The molecule has 0 atom stereocenters. The number of carbonyl (C=O) groups is 1. The number of benzene rings is 4. The molecule has 6 heteroatoms. The Bertz CT molecular complexity index is 1900. The van der Waals surface area contributed by atoms with Crippen molar-refractivity contribution in [1.82, 2.24) is 4.98 Å². The Morgan fingerprint density at radius 3 is 2.07 bits per heavy atom. The molecule has 0 aliphatic heterocycles. The van der Waals surface area contributed by atoms with Crippen LogP contribution in [0.3, 0.4) is 0 Å². The standard InChI is InChI=1S/C32H26GeNO.C5H8O2.Ir/c1-33(2,3)26-14-15-27-24(18-26)16-17-34-32(27)25-19-28(22-10-6-4-7-11-22)29-21-30(35-31(29)20-25)23-12-8-5-9-13-23;1-4(6)3-5(2)7;/h4-19,21H,1-3H3;3,6H,1-2H3;/q-1;;/b;4-3-;. The maximum atomic E-state index is 10.0. The van der Waals surface area contributed by atoms with Crippen LogP contribution in [0.4, 0.5) is 0 Å². The molecule has 43 heavy (non-hydrogen) atoms. The molecule has 0 spiro atoms. The third-order valence-corrected chi connectivity index (χ3v) is 11.3. The third-order valence-electron chi connectivity index (χ3n) is 7.00. The van der Waals surface area contributed by atoms with Crippen molar-refractivity contribution in [3.63, 3.8) is 0 Å². The minimum absolute atomic E-state index is 0. The summed E-state index contributed by atoms with van der Waals surface area (Å²) in [4.78, 5) is 14.8. The van der Waals surface area contributed by atoms with Crippen molar-refractivity contribution in [1.29, 1.82) is 0 Å². The monoisotopic (exact) mass is 807 g/mol. The molecule has 6 aromatic rings. The molecule has 0 aliphatic rings. The number of nitrogens with zero attached hydrogens (tertiary/aromatic N) is 1. The van der Waals surface area contributed by atoms with Gasteiger partial charge in [-0.2, -0.15) is 0 Å². The van der Waals surface area contributed by atoms with Crippen LogP contribution in [0, 0.1) is 6.07 Å². The minimum atomic E-state index is -1.93. The zero-order chi connectivity index (χ0) is 29.9. The molecule has 6 rings (SSSR count). The molecule has 0 saturated heterocycles. The Morgan fingerprint density at radius 2 is 1.49 bits per heavy atom. The second-order valence-electron chi connectivity index (χ2n) is 11.4. The SMILES string of the molecule is CC(=O)/C=C(/C)O.[CH3][Ge]([CH3])([CH3])[c]1ccc2c(-c3[c-]c4oc(-c5ccccc5)cc4c(-c4ccccc4)c3)nccc2c1.[Ir]. The molecular formula is C37H34GeIrNO3-. The molecule has 0 unspecified atom stereocenters. The summed E-state index contributed by atoms with van der Waals surface area (Å²) in [5, 5.41) is 11.8. The number of aliphatic hydroxyl groups excluding tert-OH is 1. The molecule has 0 aliphatic carbocycles. The molecule has 219 valence electrons. The first kappa shape index (κ1) is 32.2. The van der Waals surface area contributed by atoms with E-state index in [2.05, 4.69) is 96.1 Å². The van der Waals surface area contributed by atoms with Crippen molar-refractivity contribution in [2.75, 3.05) is 0 Å². The number of aliphatic hydroxyl groups is 1. The van der Waals surface area contributed by atoms with Crippen LogP contribution in [0.1, 0.15) is 13.8 Å². The van der Waals surface area contributed by atoms with Crippen LogP contribution < -0.4 is 4.40 Å². The van der Waals surface area contributed by atoms with E-state index < -0.39 is 13.3 Å². The van der Waals surface area contributed by atoms with Gasteiger partial charge in [-0.25, -0.2) is 0 Å². The summed E-state index contributed by atoms with van der Waals surface area (Å²) < 4.78 is 7.88. The molecule has 0 amide bonds. The summed E-state index contributed by atoms with van der Waals surface area (Å²) in [6, 6.07) is 37.6. The van der Waals surface area contributed by atoms with Gasteiger partial charge in [0, 0.05) is 26.2 Å². The first-order valence-corrected chi connectivity index (χ1v) is 21.3. The molecular weight excluding hydrogens is 771 g/mol. The van der Waals surface area contributed by atoms with E-state index in [0.29, 0.717) is 0 Å². The van der Waals surface area contributed by atoms with Gasteiger partial charge in [0.05, 0.1) is 5.76 Å². The Balaban J connectivity index is 0.000000475. The summed E-state index contributed by atoms with van der Waals surface area (Å²) >= 11 is -1.93. The fraction of sp³-hybridized carbons (Fsp3) is 0.135. The van der Waals surface area contributed by atoms with Gasteiger partial charge in [-0.3, -0.25) is 4.79 Å². The third kappa shape index (κ3) is 7.61. The van der Waals surface area contributed by atoms with Crippen molar-refractivity contribution >= 4 is 45.2 Å². The average molecular weight is 806 g/mol.